The van der Waals surface area contributed by atoms with Crippen LogP contribution < -0.4 is 32.3 Å². The lowest BCUT2D eigenvalue weighted by molar-refractivity contribution is -0.133. The number of ketones is 3. The van der Waals surface area contributed by atoms with Gasteiger partial charge in [0, 0.05) is 80.3 Å². The normalized spacial score (nSPS) is 11.9. The van der Waals surface area contributed by atoms with Gasteiger partial charge in [0.25, 0.3) is 17.7 Å². The van der Waals surface area contributed by atoms with Crippen LogP contribution in [0.15, 0.2) is 146 Å². The number of carbonyl (C=O) groups excluding carboxylic acids is 9. The number of nitrogen functional groups attached to an aromatic ring is 1. The minimum atomic E-state index is -1.18. The van der Waals surface area contributed by atoms with Crippen molar-refractivity contribution in [3.8, 4) is 71.0 Å². The van der Waals surface area contributed by atoms with Gasteiger partial charge in [0.15, 0.2) is 17.3 Å². The Balaban J connectivity index is 0.000000418. The maximum absolute atomic E-state index is 12.9. The Hall–Kier alpha value is -10.5. The Bertz CT molecular complexity index is 4490. The molecule has 0 saturated carbocycles. The number of hydrogen-bond donors (Lipinski definition) is 8. The Morgan fingerprint density at radius 2 is 0.739 bits per heavy atom. The van der Waals surface area contributed by atoms with E-state index < -0.39 is 65.9 Å². The van der Waals surface area contributed by atoms with E-state index in [1.807, 2.05) is 74.7 Å². The number of carbonyl (C=O) groups is 9. The quantitative estimate of drug-likeness (QED) is 0.0103. The number of anilines is 3. The summed E-state index contributed by atoms with van der Waals surface area (Å²) in [5.41, 5.74) is 12.3. The highest BCUT2D eigenvalue weighted by atomic mass is 79.9. The van der Waals surface area contributed by atoms with E-state index in [1.54, 1.807) is 159 Å². The summed E-state index contributed by atoms with van der Waals surface area (Å²) in [7, 11) is 3.64. The van der Waals surface area contributed by atoms with E-state index in [2.05, 4.69) is 129 Å². The number of hydrogen-bond acceptors (Lipinski definition) is 17. The molecule has 0 aromatic heterocycles. The second kappa shape index (κ2) is 50.3. The summed E-state index contributed by atoms with van der Waals surface area (Å²) in [6, 6.07) is 38.5. The molecule has 6 atom stereocenters. The van der Waals surface area contributed by atoms with Crippen LogP contribution >= 0.6 is 43.5 Å². The number of benzene rings is 6. The zero-order valence-corrected chi connectivity index (χ0v) is 68.3. The van der Waals surface area contributed by atoms with Crippen LogP contribution in [0.25, 0.3) is 0 Å². The zero-order valence-electron chi connectivity index (χ0n) is 64.3. The summed E-state index contributed by atoms with van der Waals surface area (Å²) in [6.45, 7) is 20.0. The highest BCUT2D eigenvalue weighted by Gasteiger charge is 2.33. The maximum atomic E-state index is 12.9. The molecule has 6 aromatic carbocycles. The van der Waals surface area contributed by atoms with Gasteiger partial charge in [0.2, 0.25) is 17.1 Å². The molecule has 25 heteroatoms. The van der Waals surface area contributed by atoms with Gasteiger partial charge in [-0.1, -0.05) is 67.4 Å². The molecule has 0 radical (unpaired) electrons. The summed E-state index contributed by atoms with van der Waals surface area (Å²) in [6.07, 6.45) is -2.20. The van der Waals surface area contributed by atoms with E-state index in [1.165, 1.54) is 6.92 Å². The number of alkyl halides is 2. The molecule has 5 amide bonds. The molecule has 0 bridgehead atoms. The van der Waals surface area contributed by atoms with Gasteiger partial charge in [0.05, 0.1) is 46.7 Å². The van der Waals surface area contributed by atoms with Crippen LogP contribution in [-0.4, -0.2) is 179 Å². The van der Waals surface area contributed by atoms with Gasteiger partial charge in [-0.2, -0.15) is 0 Å². The summed E-state index contributed by atoms with van der Waals surface area (Å²) >= 11 is 10.7. The van der Waals surface area contributed by atoms with Gasteiger partial charge in [0.1, 0.15) is 37.9 Å². The van der Waals surface area contributed by atoms with Crippen molar-refractivity contribution in [2.45, 2.75) is 124 Å². The first kappa shape index (κ1) is 94.7. The molecular weight excluding hydrogens is 1570 g/mol. The lowest BCUT2D eigenvalue weighted by atomic mass is 10.0. The van der Waals surface area contributed by atoms with E-state index in [0.717, 1.165) is 22.3 Å². The van der Waals surface area contributed by atoms with E-state index in [-0.39, 0.29) is 69.9 Å². The smallest absolute Gasteiger partial charge is 0.251 e. The molecule has 0 aliphatic rings. The number of nitrogens with two attached hydrogens (primary N) is 1. The predicted molar refractivity (Wildman–Crippen MR) is 440 cm³/mol. The SMILES string of the molecule is CCOCC(=O)C(NC(=O)c1ccc(C#CC#Cc2ccc(N)cc2)cc1)[C@@H](C)OC(C)(C)C.CCOCC(=O)C(NC(=O)c1ccc(C#CC#Cc2ccc(NC(=O)CBr)cc2)cc1)[C@@H](C)OC(C)(C)C.C[C@@H](O)C(NC(=O)c1ccc(C#CC#Cc2ccc(NC(=O)CN(C)C)cc2)cc1)C(=O)CO.O=C(Cl)CBr. The van der Waals surface area contributed by atoms with Crippen LogP contribution in [0.3, 0.4) is 0 Å². The molecule has 0 spiro atoms. The first-order valence-corrected chi connectivity index (χ1v) is 37.5. The van der Waals surface area contributed by atoms with Crippen molar-refractivity contribution in [3.05, 3.63) is 196 Å². The average Bonchev–Trinajstić information content (AvgIpc) is 0.851. The number of aliphatic hydroxyl groups is 2. The van der Waals surface area contributed by atoms with Crippen molar-refractivity contribution in [1.82, 2.24) is 20.9 Å². The molecule has 6 rings (SSSR count). The summed E-state index contributed by atoms with van der Waals surface area (Å²) < 4.78 is 22.4. The van der Waals surface area contributed by atoms with Crippen LogP contribution in [0.2, 0.25) is 0 Å². The minimum Gasteiger partial charge on any atom is -0.399 e. The van der Waals surface area contributed by atoms with Crippen LogP contribution in [0.4, 0.5) is 17.1 Å². The molecule has 0 aliphatic heterocycles. The summed E-state index contributed by atoms with van der Waals surface area (Å²) in [4.78, 5) is 110. The summed E-state index contributed by atoms with van der Waals surface area (Å²) in [5.74, 6) is 31.6. The molecule has 9 N–H and O–H groups in total. The number of amides is 5. The monoisotopic (exact) mass is 1660 g/mol. The number of likely N-dealkylation sites (N-methyl/N-ethyl adjacent to an activating group) is 1. The molecule has 111 heavy (non-hydrogen) atoms. The van der Waals surface area contributed by atoms with Crippen LogP contribution in [-0.2, 0) is 47.7 Å². The van der Waals surface area contributed by atoms with E-state index in [0.29, 0.717) is 59.1 Å². The zero-order chi connectivity index (χ0) is 82.6. The van der Waals surface area contributed by atoms with Crippen molar-refractivity contribution in [2.24, 2.45) is 0 Å². The van der Waals surface area contributed by atoms with E-state index in [9.17, 15) is 48.3 Å². The topological polar surface area (TPSA) is 320 Å². The van der Waals surface area contributed by atoms with Crippen molar-refractivity contribution >= 4 is 113 Å². The first-order valence-electron chi connectivity index (χ1n) is 34.8. The van der Waals surface area contributed by atoms with Crippen molar-refractivity contribution in [2.75, 3.05) is 80.7 Å². The molecule has 0 fully saturated rings. The van der Waals surface area contributed by atoms with Gasteiger partial charge in [-0.05, 0) is 283 Å². The molecule has 0 aliphatic carbocycles. The van der Waals surface area contributed by atoms with Crippen LogP contribution in [0.1, 0.15) is 141 Å². The predicted octanol–water partition coefficient (Wildman–Crippen LogP) is 9.69. The number of rotatable bonds is 27. The number of ether oxygens (including phenoxy) is 4. The maximum Gasteiger partial charge on any atom is 0.251 e. The molecule has 3 unspecified atom stereocenters. The number of aliphatic hydroxyl groups excluding tert-OH is 2. The minimum absolute atomic E-state index is 0.0920. The Morgan fingerprint density at radius 3 is 0.991 bits per heavy atom. The highest BCUT2D eigenvalue weighted by Crippen LogP contribution is 2.18. The van der Waals surface area contributed by atoms with Gasteiger partial charge >= 0.3 is 0 Å². The van der Waals surface area contributed by atoms with Crippen LogP contribution in [0, 0.1) is 71.0 Å². The van der Waals surface area contributed by atoms with Crippen molar-refractivity contribution < 1.29 is 72.3 Å². The standard InChI is InChI=1S/C30H33BrN2O5.C28H32N2O4.C26H27N3O5.C2H2BrClO/c1-6-37-20-26(34)28(21(2)38-30(3,4)5)33-29(36)24-15-11-22(12-16-24)9-7-8-10-23-13-17-25(18-14-23)32-27(35)19-31;1-6-33-19-25(31)26(20(2)34-28(3,4)5)30-27(32)23-15-11-21(12-16-23)9-7-8-10-22-13-17-24(29)18-14-22;1-18(31)25(23(32)17-30)28-26(34)21-12-8-19(9-13-21)6-4-5-7-20-10-14-22(15-11-20)27-24(33)16-29(2)3;3-1-2(4)5/h11-18,21,28H,6,19-20H2,1-5H3,(H,32,35)(H,33,36);11-18,20,26H,6,19,29H2,1-5H3,(H,30,32);8-15,18,25,30-31H,16-17H2,1-3H3,(H,27,33)(H,28,34);1H2/t21-,28?;20-,26?;18-,25?;/m111./s1. The third-order valence-electron chi connectivity index (χ3n) is 14.3. The van der Waals surface area contributed by atoms with Gasteiger partial charge in [-0.25, -0.2) is 0 Å². The summed E-state index contributed by atoms with van der Waals surface area (Å²) in [5, 5.41) is 32.3. The fourth-order valence-electron chi connectivity index (χ4n) is 9.26. The van der Waals surface area contributed by atoms with Gasteiger partial charge in [-0.3, -0.25) is 43.2 Å². The first-order chi connectivity index (χ1) is 52.6. The fraction of sp³-hybridized carbons (Fsp3) is 0.337. The second-order valence-electron chi connectivity index (χ2n) is 26.3. The molecule has 6 aromatic rings. The molecule has 584 valence electrons. The molecule has 0 saturated heterocycles. The lowest BCUT2D eigenvalue weighted by Gasteiger charge is -2.30. The Labute approximate surface area is 672 Å². The lowest BCUT2D eigenvalue weighted by Crippen LogP contribution is -2.51. The largest absolute Gasteiger partial charge is 0.399 e. The molecular formula is C86H94Br2ClN7O15. The fourth-order valence-corrected chi connectivity index (χ4v) is 9.40. The van der Waals surface area contributed by atoms with Crippen LogP contribution in [0.5, 0.6) is 0 Å². The number of nitrogens with zero attached hydrogens (tertiary/aromatic N) is 1. The van der Waals surface area contributed by atoms with Gasteiger partial charge in [-0.15, -0.1) is 0 Å². The highest BCUT2D eigenvalue weighted by molar-refractivity contribution is 9.09. The van der Waals surface area contributed by atoms with E-state index >= 15 is 0 Å². The van der Waals surface area contributed by atoms with E-state index in [4.69, 9.17) is 41.4 Å². The Morgan fingerprint density at radius 1 is 0.459 bits per heavy atom. The Kier molecular flexibility index (Phi) is 42.9. The number of Topliss-reactive ketones (excluding diaryl/α,β-unsaturated/α-hetero) is 3. The van der Waals surface area contributed by atoms with Gasteiger partial charge < -0.3 is 66.4 Å². The second-order valence-corrected chi connectivity index (χ2v) is 27.8. The number of nitrogens with one attached hydrogen (secondary N) is 5. The van der Waals surface area contributed by atoms with Crippen molar-refractivity contribution in [3.63, 3.8) is 0 Å². The molecule has 0 heterocycles. The third-order valence-corrected chi connectivity index (χ3v) is 15.7. The molecule has 22 nitrogen and oxygen atoms in total. The average molecular weight is 1660 g/mol. The third kappa shape index (κ3) is 39.6. The number of halogens is 3. The van der Waals surface area contributed by atoms with Crippen molar-refractivity contribution in [1.29, 1.82) is 0 Å².